The van der Waals surface area contributed by atoms with E-state index in [0.717, 1.165) is 31.2 Å². The third-order valence-corrected chi connectivity index (χ3v) is 3.12. The Bertz CT molecular complexity index is 382. The molecule has 1 aliphatic carbocycles. The largest absolute Gasteiger partial charge is 0.481 e. The van der Waals surface area contributed by atoms with Gasteiger partial charge in [0.25, 0.3) is 0 Å². The Hall–Kier alpha value is -1.31. The van der Waals surface area contributed by atoms with Crippen LogP contribution in [0.25, 0.3) is 0 Å². The molecule has 2 heteroatoms. The van der Waals surface area contributed by atoms with Gasteiger partial charge in [0.2, 0.25) is 0 Å². The molecule has 1 aliphatic rings. The van der Waals surface area contributed by atoms with E-state index in [1.165, 1.54) is 11.1 Å². The zero-order valence-corrected chi connectivity index (χ0v) is 8.99. The SMILES string of the molecule is CCCc1ccc2c(c1)C(C(=O)O)CC2. The van der Waals surface area contributed by atoms with Crippen molar-refractivity contribution >= 4 is 5.97 Å². The molecule has 15 heavy (non-hydrogen) atoms. The molecule has 0 spiro atoms. The van der Waals surface area contributed by atoms with E-state index in [0.29, 0.717) is 0 Å². The molecule has 0 saturated carbocycles. The van der Waals surface area contributed by atoms with Gasteiger partial charge in [-0.2, -0.15) is 0 Å². The van der Waals surface area contributed by atoms with Gasteiger partial charge >= 0.3 is 5.97 Å². The molecule has 80 valence electrons. The second-order valence-electron chi connectivity index (χ2n) is 4.21. The summed E-state index contributed by atoms with van der Waals surface area (Å²) >= 11 is 0. The van der Waals surface area contributed by atoms with Gasteiger partial charge in [-0.15, -0.1) is 0 Å². The number of carboxylic acid groups (broad SMARTS) is 1. The fraction of sp³-hybridized carbons (Fsp3) is 0.462. The van der Waals surface area contributed by atoms with Crippen molar-refractivity contribution in [2.75, 3.05) is 0 Å². The van der Waals surface area contributed by atoms with Crippen LogP contribution in [0.3, 0.4) is 0 Å². The monoisotopic (exact) mass is 204 g/mol. The molecule has 0 fully saturated rings. The van der Waals surface area contributed by atoms with Crippen molar-refractivity contribution < 1.29 is 9.90 Å². The lowest BCUT2D eigenvalue weighted by molar-refractivity contribution is -0.138. The van der Waals surface area contributed by atoms with Gasteiger partial charge in [-0.25, -0.2) is 0 Å². The maximum Gasteiger partial charge on any atom is 0.310 e. The van der Waals surface area contributed by atoms with Crippen LogP contribution < -0.4 is 0 Å². The van der Waals surface area contributed by atoms with E-state index in [1.54, 1.807) is 0 Å². The molecular weight excluding hydrogens is 188 g/mol. The van der Waals surface area contributed by atoms with Crippen LogP contribution in [0.4, 0.5) is 0 Å². The first-order valence-corrected chi connectivity index (χ1v) is 5.57. The number of rotatable bonds is 3. The van der Waals surface area contributed by atoms with Gasteiger partial charge in [0, 0.05) is 0 Å². The molecular formula is C13H16O2. The standard InChI is InChI=1S/C13H16O2/c1-2-3-9-4-5-10-6-7-11(13(14)15)12(10)8-9/h4-5,8,11H,2-3,6-7H2,1H3,(H,14,15). The number of carboxylic acids is 1. The molecule has 0 amide bonds. The summed E-state index contributed by atoms with van der Waals surface area (Å²) in [6.07, 6.45) is 3.83. The number of hydrogen-bond acceptors (Lipinski definition) is 1. The highest BCUT2D eigenvalue weighted by Crippen LogP contribution is 2.34. The van der Waals surface area contributed by atoms with E-state index in [9.17, 15) is 4.79 Å². The molecule has 1 unspecified atom stereocenters. The maximum absolute atomic E-state index is 11.0. The van der Waals surface area contributed by atoms with Gasteiger partial charge < -0.3 is 5.11 Å². The molecule has 2 nitrogen and oxygen atoms in total. The molecule has 1 aromatic carbocycles. The molecule has 0 heterocycles. The topological polar surface area (TPSA) is 37.3 Å². The smallest absolute Gasteiger partial charge is 0.310 e. The van der Waals surface area contributed by atoms with Crippen LogP contribution in [-0.2, 0) is 17.6 Å². The van der Waals surface area contributed by atoms with E-state index in [-0.39, 0.29) is 5.92 Å². The molecule has 2 rings (SSSR count). The van der Waals surface area contributed by atoms with E-state index >= 15 is 0 Å². The second-order valence-corrected chi connectivity index (χ2v) is 4.21. The average Bonchev–Trinajstić information content (AvgIpc) is 2.61. The Morgan fingerprint density at radius 1 is 1.53 bits per heavy atom. The van der Waals surface area contributed by atoms with Crippen LogP contribution in [0.15, 0.2) is 18.2 Å². The van der Waals surface area contributed by atoms with Gasteiger partial charge in [-0.05, 0) is 36.0 Å². The van der Waals surface area contributed by atoms with Gasteiger partial charge in [0.15, 0.2) is 0 Å². The van der Waals surface area contributed by atoms with Gasteiger partial charge in [0.05, 0.1) is 5.92 Å². The number of benzene rings is 1. The number of aliphatic carboxylic acids is 1. The van der Waals surface area contributed by atoms with Crippen molar-refractivity contribution in [1.82, 2.24) is 0 Å². The Morgan fingerprint density at radius 2 is 2.33 bits per heavy atom. The lowest BCUT2D eigenvalue weighted by Crippen LogP contribution is -2.08. The van der Waals surface area contributed by atoms with Crippen molar-refractivity contribution in [2.45, 2.75) is 38.5 Å². The summed E-state index contributed by atoms with van der Waals surface area (Å²) in [5.74, 6) is -0.945. The predicted octanol–water partition coefficient (Wildman–Crippen LogP) is 2.75. The Kier molecular flexibility index (Phi) is 2.76. The molecule has 0 saturated heterocycles. The summed E-state index contributed by atoms with van der Waals surface area (Å²) in [6.45, 7) is 2.14. The normalized spacial score (nSPS) is 18.9. The summed E-state index contributed by atoms with van der Waals surface area (Å²) in [6, 6.07) is 6.32. The van der Waals surface area contributed by atoms with Crippen LogP contribution in [-0.4, -0.2) is 11.1 Å². The third-order valence-electron chi connectivity index (χ3n) is 3.12. The van der Waals surface area contributed by atoms with E-state index in [2.05, 4.69) is 25.1 Å². The summed E-state index contributed by atoms with van der Waals surface area (Å²) in [5, 5.41) is 9.08. The molecule has 0 aromatic heterocycles. The predicted molar refractivity (Wildman–Crippen MR) is 59.1 cm³/mol. The summed E-state index contributed by atoms with van der Waals surface area (Å²) in [5.41, 5.74) is 3.54. The van der Waals surface area contributed by atoms with Gasteiger partial charge in [0.1, 0.15) is 0 Å². The lowest BCUT2D eigenvalue weighted by Gasteiger charge is -2.07. The number of aryl methyl sites for hydroxylation is 2. The highest BCUT2D eigenvalue weighted by Gasteiger charge is 2.28. The first-order valence-electron chi connectivity index (χ1n) is 5.57. The number of carbonyl (C=O) groups is 1. The van der Waals surface area contributed by atoms with Crippen molar-refractivity contribution in [1.29, 1.82) is 0 Å². The Morgan fingerprint density at radius 3 is 3.00 bits per heavy atom. The highest BCUT2D eigenvalue weighted by molar-refractivity contribution is 5.77. The Labute approximate surface area is 89.9 Å². The second kappa shape index (κ2) is 4.05. The van der Waals surface area contributed by atoms with Gasteiger partial charge in [-0.1, -0.05) is 31.5 Å². The summed E-state index contributed by atoms with van der Waals surface area (Å²) in [4.78, 5) is 11.0. The zero-order chi connectivity index (χ0) is 10.8. The van der Waals surface area contributed by atoms with Gasteiger partial charge in [-0.3, -0.25) is 4.79 Å². The first-order chi connectivity index (χ1) is 7.22. The third kappa shape index (κ3) is 1.89. The molecule has 0 aliphatic heterocycles. The first kappa shape index (κ1) is 10.2. The number of fused-ring (bicyclic) bond motifs is 1. The highest BCUT2D eigenvalue weighted by atomic mass is 16.4. The van der Waals surface area contributed by atoms with Crippen LogP contribution in [0, 0.1) is 0 Å². The summed E-state index contributed by atoms with van der Waals surface area (Å²) in [7, 11) is 0. The van der Waals surface area contributed by atoms with Crippen LogP contribution >= 0.6 is 0 Å². The van der Waals surface area contributed by atoms with Crippen LogP contribution in [0.2, 0.25) is 0 Å². The Balaban J connectivity index is 2.33. The lowest BCUT2D eigenvalue weighted by atomic mass is 9.98. The zero-order valence-electron chi connectivity index (χ0n) is 8.99. The summed E-state index contributed by atoms with van der Waals surface area (Å²) < 4.78 is 0. The van der Waals surface area contributed by atoms with Crippen LogP contribution in [0.5, 0.6) is 0 Å². The average molecular weight is 204 g/mol. The van der Waals surface area contributed by atoms with E-state index in [1.807, 2.05) is 0 Å². The van der Waals surface area contributed by atoms with Crippen molar-refractivity contribution in [3.05, 3.63) is 34.9 Å². The molecule has 0 radical (unpaired) electrons. The fourth-order valence-corrected chi connectivity index (χ4v) is 2.35. The quantitative estimate of drug-likeness (QED) is 0.822. The van der Waals surface area contributed by atoms with Crippen molar-refractivity contribution in [3.63, 3.8) is 0 Å². The minimum absolute atomic E-state index is 0.267. The molecule has 1 N–H and O–H groups in total. The molecule has 0 bridgehead atoms. The van der Waals surface area contributed by atoms with Crippen LogP contribution in [0.1, 0.15) is 42.4 Å². The van der Waals surface area contributed by atoms with Crippen molar-refractivity contribution in [2.24, 2.45) is 0 Å². The molecule has 1 atom stereocenters. The fourth-order valence-electron chi connectivity index (χ4n) is 2.35. The number of hydrogen-bond donors (Lipinski definition) is 1. The van der Waals surface area contributed by atoms with E-state index in [4.69, 9.17) is 5.11 Å². The van der Waals surface area contributed by atoms with E-state index < -0.39 is 5.97 Å². The maximum atomic E-state index is 11.0. The minimum atomic E-state index is -0.678. The molecule has 1 aromatic rings. The van der Waals surface area contributed by atoms with Crippen molar-refractivity contribution in [3.8, 4) is 0 Å². The minimum Gasteiger partial charge on any atom is -0.481 e.